The zero-order valence-electron chi connectivity index (χ0n) is 11.4. The molecule has 0 saturated carbocycles. The molecule has 0 heterocycles. The average Bonchev–Trinajstić information content (AvgIpc) is 2.30. The van der Waals surface area contributed by atoms with Crippen molar-refractivity contribution >= 4 is 0 Å². The summed E-state index contributed by atoms with van der Waals surface area (Å²) in [5.41, 5.74) is 6.45. The fourth-order valence-corrected chi connectivity index (χ4v) is 2.63. The summed E-state index contributed by atoms with van der Waals surface area (Å²) in [4.78, 5) is 0. The first-order valence-corrected chi connectivity index (χ1v) is 6.90. The fraction of sp³-hybridized carbons (Fsp3) is 0.625. The molecule has 16 heavy (non-hydrogen) atoms. The van der Waals surface area contributed by atoms with Crippen LogP contribution in [0.3, 0.4) is 0 Å². The van der Waals surface area contributed by atoms with E-state index in [-0.39, 0.29) is 0 Å². The second kappa shape index (κ2) is 6.73. The summed E-state index contributed by atoms with van der Waals surface area (Å²) >= 11 is 0. The molecule has 0 amide bonds. The monoisotopic (exact) mass is 218 g/mol. The Hall–Kier alpha value is -0.780. The predicted octanol–water partition coefficient (Wildman–Crippen LogP) is 4.72. The van der Waals surface area contributed by atoms with Gasteiger partial charge in [-0.3, -0.25) is 0 Å². The lowest BCUT2D eigenvalue weighted by Crippen LogP contribution is -2.03. The summed E-state index contributed by atoms with van der Waals surface area (Å²) < 4.78 is 0. The van der Waals surface area contributed by atoms with E-state index in [1.54, 1.807) is 22.3 Å². The van der Waals surface area contributed by atoms with Gasteiger partial charge in [-0.05, 0) is 47.9 Å². The Morgan fingerprint density at radius 1 is 0.688 bits per heavy atom. The molecule has 0 nitrogen and oxygen atoms in total. The molecule has 0 aliphatic heterocycles. The van der Waals surface area contributed by atoms with Crippen LogP contribution in [0.25, 0.3) is 0 Å². The number of benzene rings is 1. The maximum absolute atomic E-state index is 2.36. The molecule has 90 valence electrons. The molecule has 0 unspecified atom stereocenters. The predicted molar refractivity (Wildman–Crippen MR) is 73.2 cm³/mol. The standard InChI is InChI=1S/C16H26/c1-5-9-14-12-11-13(7-3)16(10-6-2)15(14)8-4/h11-12H,5-10H2,1-4H3. The Bertz CT molecular complexity index is 323. The van der Waals surface area contributed by atoms with Gasteiger partial charge in [-0.15, -0.1) is 0 Å². The van der Waals surface area contributed by atoms with E-state index in [1.165, 1.54) is 38.5 Å². The van der Waals surface area contributed by atoms with Gasteiger partial charge in [0.2, 0.25) is 0 Å². The van der Waals surface area contributed by atoms with Crippen LogP contribution < -0.4 is 0 Å². The van der Waals surface area contributed by atoms with Crippen LogP contribution in [0.5, 0.6) is 0 Å². The maximum atomic E-state index is 2.36. The van der Waals surface area contributed by atoms with Crippen LogP contribution in [-0.2, 0) is 25.7 Å². The third kappa shape index (κ3) is 2.87. The minimum absolute atomic E-state index is 1.18. The van der Waals surface area contributed by atoms with E-state index in [9.17, 15) is 0 Å². The molecule has 1 aromatic carbocycles. The zero-order valence-corrected chi connectivity index (χ0v) is 11.4. The molecule has 0 bridgehead atoms. The lowest BCUT2D eigenvalue weighted by Gasteiger charge is -2.17. The van der Waals surface area contributed by atoms with Crippen LogP contribution in [0.1, 0.15) is 62.8 Å². The molecular weight excluding hydrogens is 192 g/mol. The number of hydrogen-bond donors (Lipinski definition) is 0. The van der Waals surface area contributed by atoms with E-state index in [4.69, 9.17) is 0 Å². The second-order valence-corrected chi connectivity index (χ2v) is 4.55. The Morgan fingerprint density at radius 3 is 1.81 bits per heavy atom. The van der Waals surface area contributed by atoms with Gasteiger partial charge < -0.3 is 0 Å². The summed E-state index contributed by atoms with van der Waals surface area (Å²) in [6, 6.07) is 4.72. The minimum Gasteiger partial charge on any atom is -0.0651 e. The third-order valence-electron chi connectivity index (χ3n) is 3.38. The molecule has 0 heteroatoms. The van der Waals surface area contributed by atoms with Gasteiger partial charge in [0.25, 0.3) is 0 Å². The first kappa shape index (κ1) is 13.3. The summed E-state index contributed by atoms with van der Waals surface area (Å²) in [6.45, 7) is 9.12. The SMILES string of the molecule is CCCc1ccc(CC)c(CCC)c1CC. The minimum atomic E-state index is 1.18. The molecule has 0 atom stereocenters. The van der Waals surface area contributed by atoms with Gasteiger partial charge in [-0.1, -0.05) is 52.7 Å². The quantitative estimate of drug-likeness (QED) is 0.648. The van der Waals surface area contributed by atoms with Crippen molar-refractivity contribution in [1.82, 2.24) is 0 Å². The number of aryl methyl sites for hydroxylation is 2. The largest absolute Gasteiger partial charge is 0.0651 e. The Labute approximate surface area is 101 Å². The third-order valence-corrected chi connectivity index (χ3v) is 3.38. The van der Waals surface area contributed by atoms with E-state index in [1.807, 2.05) is 0 Å². The van der Waals surface area contributed by atoms with Crippen LogP contribution in [0.4, 0.5) is 0 Å². The Morgan fingerprint density at radius 2 is 1.31 bits per heavy atom. The van der Waals surface area contributed by atoms with E-state index >= 15 is 0 Å². The van der Waals surface area contributed by atoms with E-state index in [0.29, 0.717) is 0 Å². The lowest BCUT2D eigenvalue weighted by molar-refractivity contribution is 0.844. The van der Waals surface area contributed by atoms with E-state index in [2.05, 4.69) is 39.8 Å². The molecule has 1 aromatic rings. The van der Waals surface area contributed by atoms with Gasteiger partial charge >= 0.3 is 0 Å². The van der Waals surface area contributed by atoms with Gasteiger partial charge in [0.1, 0.15) is 0 Å². The highest BCUT2D eigenvalue weighted by atomic mass is 14.1. The fourth-order valence-electron chi connectivity index (χ4n) is 2.63. The summed E-state index contributed by atoms with van der Waals surface area (Å²) in [7, 11) is 0. The van der Waals surface area contributed by atoms with Crippen LogP contribution in [-0.4, -0.2) is 0 Å². The van der Waals surface area contributed by atoms with Gasteiger partial charge in [0, 0.05) is 0 Å². The highest BCUT2D eigenvalue weighted by molar-refractivity contribution is 5.41. The van der Waals surface area contributed by atoms with E-state index in [0.717, 1.165) is 0 Å². The smallest absolute Gasteiger partial charge is 0.0276 e. The van der Waals surface area contributed by atoms with Crippen molar-refractivity contribution in [1.29, 1.82) is 0 Å². The molecule has 0 aliphatic carbocycles. The maximum Gasteiger partial charge on any atom is -0.0276 e. The summed E-state index contributed by atoms with van der Waals surface area (Å²) in [5.74, 6) is 0. The molecule has 0 spiro atoms. The summed E-state index contributed by atoms with van der Waals surface area (Å²) in [5, 5.41) is 0. The average molecular weight is 218 g/mol. The van der Waals surface area contributed by atoms with E-state index < -0.39 is 0 Å². The molecule has 0 aliphatic rings. The van der Waals surface area contributed by atoms with Gasteiger partial charge in [-0.25, -0.2) is 0 Å². The van der Waals surface area contributed by atoms with Gasteiger partial charge in [0.05, 0.1) is 0 Å². The number of rotatable bonds is 6. The number of hydrogen-bond acceptors (Lipinski definition) is 0. The van der Waals surface area contributed by atoms with Crippen molar-refractivity contribution in [2.45, 2.75) is 66.2 Å². The molecule has 0 aromatic heterocycles. The Kier molecular flexibility index (Phi) is 5.59. The zero-order chi connectivity index (χ0) is 12.0. The van der Waals surface area contributed by atoms with Crippen LogP contribution in [0.2, 0.25) is 0 Å². The van der Waals surface area contributed by atoms with Gasteiger partial charge in [0.15, 0.2) is 0 Å². The lowest BCUT2D eigenvalue weighted by atomic mass is 9.89. The first-order chi connectivity index (χ1) is 7.78. The van der Waals surface area contributed by atoms with Crippen molar-refractivity contribution in [3.05, 3.63) is 34.4 Å². The van der Waals surface area contributed by atoms with Crippen molar-refractivity contribution in [3.63, 3.8) is 0 Å². The van der Waals surface area contributed by atoms with Crippen LogP contribution >= 0.6 is 0 Å². The molecule has 0 fully saturated rings. The summed E-state index contributed by atoms with van der Waals surface area (Å²) in [6.07, 6.45) is 7.38. The normalized spacial score (nSPS) is 10.8. The van der Waals surface area contributed by atoms with Gasteiger partial charge in [-0.2, -0.15) is 0 Å². The van der Waals surface area contributed by atoms with Crippen molar-refractivity contribution in [3.8, 4) is 0 Å². The molecular formula is C16H26. The second-order valence-electron chi connectivity index (χ2n) is 4.55. The highest BCUT2D eigenvalue weighted by Gasteiger charge is 2.09. The molecule has 0 N–H and O–H groups in total. The van der Waals surface area contributed by atoms with Crippen molar-refractivity contribution in [2.75, 3.05) is 0 Å². The molecule has 0 saturated heterocycles. The highest BCUT2D eigenvalue weighted by Crippen LogP contribution is 2.23. The topological polar surface area (TPSA) is 0 Å². The van der Waals surface area contributed by atoms with Crippen LogP contribution in [0.15, 0.2) is 12.1 Å². The van der Waals surface area contributed by atoms with Crippen LogP contribution in [0, 0.1) is 0 Å². The molecule has 1 rings (SSSR count). The Balaban J connectivity index is 3.19. The van der Waals surface area contributed by atoms with Crippen molar-refractivity contribution < 1.29 is 0 Å². The van der Waals surface area contributed by atoms with Crippen molar-refractivity contribution in [2.24, 2.45) is 0 Å². The molecule has 0 radical (unpaired) electrons. The first-order valence-electron chi connectivity index (χ1n) is 6.90.